The van der Waals surface area contributed by atoms with Gasteiger partial charge >= 0.3 is 5.97 Å². The molecule has 0 saturated carbocycles. The van der Waals surface area contributed by atoms with Gasteiger partial charge in [0.15, 0.2) is 5.78 Å². The lowest BCUT2D eigenvalue weighted by Gasteiger charge is -2.16. The van der Waals surface area contributed by atoms with Crippen molar-refractivity contribution in [3.63, 3.8) is 0 Å². The zero-order chi connectivity index (χ0) is 17.4. The molecule has 0 radical (unpaired) electrons. The Morgan fingerprint density at radius 3 is 2.75 bits per heavy atom. The van der Waals surface area contributed by atoms with Crippen LogP contribution in [0.1, 0.15) is 60.6 Å². The van der Waals surface area contributed by atoms with Crippen LogP contribution in [0.25, 0.3) is 0 Å². The van der Waals surface area contributed by atoms with Gasteiger partial charge in [0.1, 0.15) is 5.03 Å². The number of aryl methyl sites for hydroxylation is 2. The quantitative estimate of drug-likeness (QED) is 0.579. The summed E-state index contributed by atoms with van der Waals surface area (Å²) in [5.74, 6) is -0.415. The Balaban J connectivity index is 2.30. The first kappa shape index (κ1) is 18.5. The van der Waals surface area contributed by atoms with Gasteiger partial charge in [-0.3, -0.25) is 4.79 Å². The standard InChI is InChI=1S/C18H22N2O3S/c1-2-23-18(22)15-11-13-7-5-3-4-6-8-16(13)20-17(15)24-12-14(21)9-10-19/h11H,2-9,12H2,1H3. The van der Waals surface area contributed by atoms with Gasteiger partial charge in [-0.1, -0.05) is 24.6 Å². The molecule has 0 bridgehead atoms. The summed E-state index contributed by atoms with van der Waals surface area (Å²) < 4.78 is 5.14. The number of hydrogen-bond donors (Lipinski definition) is 0. The molecule has 0 amide bonds. The maximum absolute atomic E-state index is 12.3. The highest BCUT2D eigenvalue weighted by Gasteiger charge is 2.20. The summed E-state index contributed by atoms with van der Waals surface area (Å²) in [5.41, 5.74) is 2.58. The number of carbonyl (C=O) groups excluding carboxylic acids is 2. The minimum Gasteiger partial charge on any atom is -0.462 e. The molecule has 1 aliphatic carbocycles. The summed E-state index contributed by atoms with van der Waals surface area (Å²) in [4.78, 5) is 28.6. The molecule has 0 atom stereocenters. The Bertz CT molecular complexity index is 652. The second-order valence-electron chi connectivity index (χ2n) is 5.74. The van der Waals surface area contributed by atoms with Gasteiger partial charge in [0.2, 0.25) is 0 Å². The number of fused-ring (bicyclic) bond motifs is 1. The van der Waals surface area contributed by atoms with E-state index in [0.717, 1.165) is 36.9 Å². The predicted octanol–water partition coefficient (Wildman–Crippen LogP) is 3.49. The van der Waals surface area contributed by atoms with E-state index in [0.29, 0.717) is 17.2 Å². The molecule has 0 N–H and O–H groups in total. The number of Topliss-reactive ketones (excluding diaryl/α,β-unsaturated/α-hetero) is 1. The number of pyridine rings is 1. The van der Waals surface area contributed by atoms with Gasteiger partial charge < -0.3 is 4.74 Å². The fourth-order valence-corrected chi connectivity index (χ4v) is 3.59. The highest BCUT2D eigenvalue weighted by Crippen LogP contribution is 2.27. The number of ether oxygens (including phenoxy) is 1. The van der Waals surface area contributed by atoms with Crippen molar-refractivity contribution in [3.8, 4) is 6.07 Å². The van der Waals surface area contributed by atoms with Crippen LogP contribution in [0, 0.1) is 11.3 Å². The van der Waals surface area contributed by atoms with E-state index in [2.05, 4.69) is 4.98 Å². The molecule has 0 spiro atoms. The van der Waals surface area contributed by atoms with E-state index in [9.17, 15) is 9.59 Å². The number of rotatable bonds is 6. The van der Waals surface area contributed by atoms with E-state index in [1.54, 1.807) is 6.92 Å². The fourth-order valence-electron chi connectivity index (χ4n) is 2.72. The Morgan fingerprint density at radius 2 is 2.04 bits per heavy atom. The summed E-state index contributed by atoms with van der Waals surface area (Å²) in [6.07, 6.45) is 6.30. The lowest BCUT2D eigenvalue weighted by atomic mass is 9.96. The van der Waals surface area contributed by atoms with Crippen molar-refractivity contribution in [2.24, 2.45) is 0 Å². The highest BCUT2D eigenvalue weighted by molar-refractivity contribution is 8.00. The molecule has 0 fully saturated rings. The third kappa shape index (κ3) is 5.07. The Morgan fingerprint density at radius 1 is 1.29 bits per heavy atom. The number of esters is 1. The molecule has 1 aromatic heterocycles. The third-order valence-electron chi connectivity index (χ3n) is 3.91. The predicted molar refractivity (Wildman–Crippen MR) is 92.0 cm³/mol. The molecule has 5 nitrogen and oxygen atoms in total. The van der Waals surface area contributed by atoms with Gasteiger partial charge in [0.25, 0.3) is 0 Å². The van der Waals surface area contributed by atoms with Crippen LogP contribution in [0.3, 0.4) is 0 Å². The number of carbonyl (C=O) groups is 2. The zero-order valence-electron chi connectivity index (χ0n) is 14.0. The zero-order valence-corrected chi connectivity index (χ0v) is 14.8. The van der Waals surface area contributed by atoms with Crippen molar-refractivity contribution in [1.82, 2.24) is 4.98 Å². The van der Waals surface area contributed by atoms with Crippen molar-refractivity contribution in [3.05, 3.63) is 22.9 Å². The van der Waals surface area contributed by atoms with Crippen LogP contribution in [0.15, 0.2) is 11.1 Å². The third-order valence-corrected chi connectivity index (χ3v) is 4.96. The largest absolute Gasteiger partial charge is 0.462 e. The van der Waals surface area contributed by atoms with Crippen LogP contribution < -0.4 is 0 Å². The molecule has 1 aliphatic rings. The van der Waals surface area contributed by atoms with Gasteiger partial charge in [0, 0.05) is 5.69 Å². The second kappa shape index (κ2) is 9.43. The monoisotopic (exact) mass is 346 g/mol. The lowest BCUT2D eigenvalue weighted by molar-refractivity contribution is -0.115. The SMILES string of the molecule is CCOC(=O)c1cc2c(nc1SCC(=O)CC#N)CCCCCC2. The first-order valence-electron chi connectivity index (χ1n) is 8.37. The first-order valence-corrected chi connectivity index (χ1v) is 9.35. The van der Waals surface area contributed by atoms with Crippen molar-refractivity contribution >= 4 is 23.5 Å². The molecular weight excluding hydrogens is 324 g/mol. The van der Waals surface area contributed by atoms with E-state index in [-0.39, 0.29) is 18.0 Å². The Labute approximate surface area is 146 Å². The van der Waals surface area contributed by atoms with E-state index in [4.69, 9.17) is 10.00 Å². The van der Waals surface area contributed by atoms with E-state index in [1.807, 2.05) is 12.1 Å². The maximum atomic E-state index is 12.3. The fraction of sp³-hybridized carbons (Fsp3) is 0.556. The average Bonchev–Trinajstić information content (AvgIpc) is 2.54. The van der Waals surface area contributed by atoms with Crippen molar-refractivity contribution in [2.45, 2.75) is 56.9 Å². The molecule has 0 aromatic carbocycles. The van der Waals surface area contributed by atoms with Crippen LogP contribution in [0.2, 0.25) is 0 Å². The van der Waals surface area contributed by atoms with Gasteiger partial charge in [-0.15, -0.1) is 0 Å². The van der Waals surface area contributed by atoms with Crippen LogP contribution >= 0.6 is 11.8 Å². The average molecular weight is 346 g/mol. The number of nitrogens with zero attached hydrogens (tertiary/aromatic N) is 2. The summed E-state index contributed by atoms with van der Waals surface area (Å²) in [6, 6.07) is 3.74. The number of aromatic nitrogens is 1. The van der Waals surface area contributed by atoms with Crippen LogP contribution in [0.4, 0.5) is 0 Å². The van der Waals surface area contributed by atoms with Crippen molar-refractivity contribution in [1.29, 1.82) is 5.26 Å². The Hall–Kier alpha value is -1.87. The summed E-state index contributed by atoms with van der Waals surface area (Å²) in [7, 11) is 0. The lowest BCUT2D eigenvalue weighted by Crippen LogP contribution is -2.13. The first-order chi connectivity index (χ1) is 11.7. The second-order valence-corrected chi connectivity index (χ2v) is 6.71. The summed E-state index contributed by atoms with van der Waals surface area (Å²) in [6.45, 7) is 2.07. The number of thioether (sulfide) groups is 1. The van der Waals surface area contributed by atoms with E-state index < -0.39 is 5.97 Å². The van der Waals surface area contributed by atoms with Crippen LogP contribution in [-0.4, -0.2) is 29.1 Å². The number of nitriles is 1. The minimum absolute atomic E-state index is 0.118. The smallest absolute Gasteiger partial charge is 0.340 e. The molecule has 1 aromatic rings. The maximum Gasteiger partial charge on any atom is 0.340 e. The molecule has 0 unspecified atom stereocenters. The molecule has 24 heavy (non-hydrogen) atoms. The summed E-state index contributed by atoms with van der Waals surface area (Å²) in [5, 5.41) is 9.13. The summed E-state index contributed by atoms with van der Waals surface area (Å²) >= 11 is 1.22. The molecule has 0 aliphatic heterocycles. The molecule has 0 saturated heterocycles. The number of hydrogen-bond acceptors (Lipinski definition) is 6. The van der Waals surface area contributed by atoms with Crippen molar-refractivity contribution in [2.75, 3.05) is 12.4 Å². The topological polar surface area (TPSA) is 80.0 Å². The normalized spacial score (nSPS) is 14.0. The molecule has 2 rings (SSSR count). The molecule has 128 valence electrons. The van der Waals surface area contributed by atoms with E-state index >= 15 is 0 Å². The minimum atomic E-state index is -0.398. The molecular formula is C18H22N2O3S. The van der Waals surface area contributed by atoms with Crippen LogP contribution in [-0.2, 0) is 22.4 Å². The van der Waals surface area contributed by atoms with Gasteiger partial charge in [-0.05, 0) is 44.2 Å². The van der Waals surface area contributed by atoms with Gasteiger partial charge in [0.05, 0.1) is 30.4 Å². The molecule has 1 heterocycles. The van der Waals surface area contributed by atoms with Crippen LogP contribution in [0.5, 0.6) is 0 Å². The highest BCUT2D eigenvalue weighted by atomic mass is 32.2. The number of ketones is 1. The van der Waals surface area contributed by atoms with Gasteiger partial charge in [-0.25, -0.2) is 9.78 Å². The molecule has 6 heteroatoms. The van der Waals surface area contributed by atoms with Gasteiger partial charge in [-0.2, -0.15) is 5.26 Å². The van der Waals surface area contributed by atoms with Crippen molar-refractivity contribution < 1.29 is 14.3 Å². The van der Waals surface area contributed by atoms with E-state index in [1.165, 1.54) is 24.6 Å². The Kier molecular flexibility index (Phi) is 7.26.